The molecule has 3 aliphatic heterocycles. The average molecular weight is 358 g/mol. The summed E-state index contributed by atoms with van der Waals surface area (Å²) in [5.41, 5.74) is 1.34. The number of rotatable bonds is 3. The molecule has 5 nitrogen and oxygen atoms in total. The van der Waals surface area contributed by atoms with Gasteiger partial charge in [0.15, 0.2) is 0 Å². The summed E-state index contributed by atoms with van der Waals surface area (Å²) in [5, 5.41) is 0. The van der Waals surface area contributed by atoms with E-state index in [9.17, 15) is 4.79 Å². The third-order valence-corrected chi connectivity index (χ3v) is 6.04. The number of amides is 1. The molecule has 5 heteroatoms. The third-order valence-electron chi connectivity index (χ3n) is 6.04. The van der Waals surface area contributed by atoms with Crippen LogP contribution in [0, 0.1) is 11.8 Å². The number of ether oxygens (including phenoxy) is 2. The highest BCUT2D eigenvalue weighted by Gasteiger charge is 2.30. The number of carbonyl (C=O) groups excluding carboxylic acids is 1. The second-order valence-electron chi connectivity index (χ2n) is 7.83. The molecule has 2 fully saturated rings. The molecule has 142 valence electrons. The first kappa shape index (κ1) is 17.8. The van der Waals surface area contributed by atoms with Gasteiger partial charge in [-0.2, -0.15) is 0 Å². The van der Waals surface area contributed by atoms with Crippen molar-refractivity contribution in [1.82, 2.24) is 9.80 Å². The fourth-order valence-corrected chi connectivity index (χ4v) is 4.49. The van der Waals surface area contributed by atoms with E-state index in [1.807, 2.05) is 4.90 Å². The lowest BCUT2D eigenvalue weighted by Gasteiger charge is -2.36. The van der Waals surface area contributed by atoms with Crippen molar-refractivity contribution in [3.8, 4) is 5.75 Å². The van der Waals surface area contributed by atoms with Crippen molar-refractivity contribution in [2.24, 2.45) is 11.8 Å². The van der Waals surface area contributed by atoms with Crippen LogP contribution < -0.4 is 4.74 Å². The van der Waals surface area contributed by atoms with Gasteiger partial charge in [0.2, 0.25) is 5.91 Å². The molecule has 0 spiro atoms. The van der Waals surface area contributed by atoms with Gasteiger partial charge < -0.3 is 19.3 Å². The zero-order valence-corrected chi connectivity index (χ0v) is 15.6. The first-order valence-electron chi connectivity index (χ1n) is 10.1. The first-order chi connectivity index (χ1) is 12.8. The van der Waals surface area contributed by atoms with Crippen molar-refractivity contribution in [2.75, 3.05) is 52.5 Å². The van der Waals surface area contributed by atoms with Crippen LogP contribution in [-0.2, 0) is 16.0 Å². The monoisotopic (exact) mass is 358 g/mol. The summed E-state index contributed by atoms with van der Waals surface area (Å²) in [7, 11) is 0. The molecule has 1 atom stereocenters. The Morgan fingerprint density at radius 3 is 2.58 bits per heavy atom. The minimum absolute atomic E-state index is 0.211. The van der Waals surface area contributed by atoms with Crippen LogP contribution in [0.25, 0.3) is 0 Å². The molecule has 1 aromatic carbocycles. The Balaban J connectivity index is 1.27. The summed E-state index contributed by atoms with van der Waals surface area (Å²) in [6.07, 6.45) is 4.20. The van der Waals surface area contributed by atoms with Crippen LogP contribution in [-0.4, -0.2) is 68.3 Å². The van der Waals surface area contributed by atoms with E-state index in [1.54, 1.807) is 0 Å². The molecule has 0 saturated carbocycles. The second-order valence-corrected chi connectivity index (χ2v) is 7.83. The highest BCUT2D eigenvalue weighted by Crippen LogP contribution is 2.28. The van der Waals surface area contributed by atoms with Gasteiger partial charge >= 0.3 is 0 Å². The van der Waals surface area contributed by atoms with Crippen LogP contribution in [0.2, 0.25) is 0 Å². The molecule has 3 heterocycles. The van der Waals surface area contributed by atoms with Gasteiger partial charge in [0, 0.05) is 25.6 Å². The molecular weight excluding hydrogens is 328 g/mol. The molecular formula is C21H30N2O3. The van der Waals surface area contributed by atoms with Crippen LogP contribution in [0.15, 0.2) is 24.3 Å². The fraction of sp³-hybridized carbons (Fsp3) is 0.667. The zero-order chi connectivity index (χ0) is 17.8. The van der Waals surface area contributed by atoms with Crippen LogP contribution in [0.5, 0.6) is 5.75 Å². The second kappa shape index (κ2) is 8.40. The number of fused-ring (bicyclic) bond motifs is 1. The number of para-hydroxylation sites is 1. The van der Waals surface area contributed by atoms with E-state index in [0.29, 0.717) is 25.0 Å². The largest absolute Gasteiger partial charge is 0.493 e. The maximum absolute atomic E-state index is 12.7. The summed E-state index contributed by atoms with van der Waals surface area (Å²) < 4.78 is 11.3. The quantitative estimate of drug-likeness (QED) is 0.831. The Labute approximate surface area is 156 Å². The van der Waals surface area contributed by atoms with Gasteiger partial charge in [-0.05, 0) is 56.3 Å². The van der Waals surface area contributed by atoms with Gasteiger partial charge in [-0.1, -0.05) is 18.2 Å². The summed E-state index contributed by atoms with van der Waals surface area (Å²) in [6.45, 7) is 6.93. The van der Waals surface area contributed by atoms with Crippen molar-refractivity contribution in [2.45, 2.75) is 25.7 Å². The Hall–Kier alpha value is -1.59. The Kier molecular flexibility index (Phi) is 5.75. The lowest BCUT2D eigenvalue weighted by atomic mass is 9.92. The number of likely N-dealkylation sites (tertiary alicyclic amines) is 1. The molecule has 0 bridgehead atoms. The number of piperidine rings is 1. The van der Waals surface area contributed by atoms with Gasteiger partial charge in [0.25, 0.3) is 0 Å². The van der Waals surface area contributed by atoms with Gasteiger partial charge in [-0.25, -0.2) is 0 Å². The minimum atomic E-state index is 0.211. The van der Waals surface area contributed by atoms with Crippen LogP contribution in [0.1, 0.15) is 24.8 Å². The molecule has 0 unspecified atom stereocenters. The van der Waals surface area contributed by atoms with E-state index >= 15 is 0 Å². The van der Waals surface area contributed by atoms with E-state index in [-0.39, 0.29) is 5.92 Å². The molecule has 0 radical (unpaired) electrons. The highest BCUT2D eigenvalue weighted by atomic mass is 16.5. The topological polar surface area (TPSA) is 42.0 Å². The number of carbonyl (C=O) groups is 1. The van der Waals surface area contributed by atoms with E-state index in [2.05, 4.69) is 29.2 Å². The average Bonchev–Trinajstić information content (AvgIpc) is 2.90. The lowest BCUT2D eigenvalue weighted by Crippen LogP contribution is -2.47. The standard InChI is InChI=1S/C21H30N2O3/c24-21(23-10-13-25-14-11-23)18-5-8-22(9-6-18)16-17-7-12-26-20-4-2-1-3-19(20)15-17/h1-4,17-18H,5-16H2/t17-/m0/s1. The normalized spacial score (nSPS) is 25.2. The number of hydrogen-bond donors (Lipinski definition) is 0. The summed E-state index contributed by atoms with van der Waals surface area (Å²) in [4.78, 5) is 17.2. The predicted molar refractivity (Wildman–Crippen MR) is 100 cm³/mol. The number of morpholine rings is 1. The molecule has 4 rings (SSSR count). The Bertz CT molecular complexity index is 607. The van der Waals surface area contributed by atoms with Crippen LogP contribution in [0.3, 0.4) is 0 Å². The van der Waals surface area contributed by atoms with Gasteiger partial charge in [0.05, 0.1) is 19.8 Å². The van der Waals surface area contributed by atoms with E-state index in [0.717, 1.165) is 70.8 Å². The Morgan fingerprint density at radius 2 is 1.77 bits per heavy atom. The van der Waals surface area contributed by atoms with Crippen molar-refractivity contribution in [3.05, 3.63) is 29.8 Å². The lowest BCUT2D eigenvalue weighted by molar-refractivity contribution is -0.141. The molecule has 3 aliphatic rings. The van der Waals surface area contributed by atoms with Crippen molar-refractivity contribution < 1.29 is 14.3 Å². The van der Waals surface area contributed by atoms with Crippen LogP contribution >= 0.6 is 0 Å². The molecule has 1 aromatic rings. The van der Waals surface area contributed by atoms with E-state index in [1.165, 1.54) is 5.56 Å². The summed E-state index contributed by atoms with van der Waals surface area (Å²) >= 11 is 0. The molecule has 26 heavy (non-hydrogen) atoms. The summed E-state index contributed by atoms with van der Waals surface area (Å²) in [6, 6.07) is 8.43. The Morgan fingerprint density at radius 1 is 1.00 bits per heavy atom. The van der Waals surface area contributed by atoms with Crippen LogP contribution in [0.4, 0.5) is 0 Å². The highest BCUT2D eigenvalue weighted by molar-refractivity contribution is 5.79. The van der Waals surface area contributed by atoms with Gasteiger partial charge in [-0.3, -0.25) is 4.79 Å². The van der Waals surface area contributed by atoms with Crippen molar-refractivity contribution in [3.63, 3.8) is 0 Å². The SMILES string of the molecule is O=C(C1CCN(C[C@H]2CCOc3ccccc3C2)CC1)N1CCOCC1. The van der Waals surface area contributed by atoms with Crippen molar-refractivity contribution in [1.29, 1.82) is 0 Å². The van der Waals surface area contributed by atoms with Gasteiger partial charge in [-0.15, -0.1) is 0 Å². The van der Waals surface area contributed by atoms with E-state index < -0.39 is 0 Å². The molecule has 1 amide bonds. The zero-order valence-electron chi connectivity index (χ0n) is 15.6. The summed E-state index contributed by atoms with van der Waals surface area (Å²) in [5.74, 6) is 2.27. The number of nitrogens with zero attached hydrogens (tertiary/aromatic N) is 2. The predicted octanol–water partition coefficient (Wildman–Crippen LogP) is 2.20. The van der Waals surface area contributed by atoms with Crippen molar-refractivity contribution >= 4 is 5.91 Å². The maximum Gasteiger partial charge on any atom is 0.225 e. The molecule has 2 saturated heterocycles. The van der Waals surface area contributed by atoms with Gasteiger partial charge in [0.1, 0.15) is 5.75 Å². The first-order valence-corrected chi connectivity index (χ1v) is 10.1. The third kappa shape index (κ3) is 4.21. The molecule has 0 N–H and O–H groups in total. The molecule has 0 aliphatic carbocycles. The fourth-order valence-electron chi connectivity index (χ4n) is 4.49. The number of benzene rings is 1. The molecule has 0 aromatic heterocycles. The maximum atomic E-state index is 12.7. The minimum Gasteiger partial charge on any atom is -0.493 e. The van der Waals surface area contributed by atoms with E-state index in [4.69, 9.17) is 9.47 Å². The number of hydrogen-bond acceptors (Lipinski definition) is 4. The smallest absolute Gasteiger partial charge is 0.225 e.